The Kier molecular flexibility index (Phi) is 7.02. The van der Waals surface area contributed by atoms with Gasteiger partial charge in [-0.2, -0.15) is 0 Å². The number of hydrogen-bond acceptors (Lipinski definition) is 7. The second-order valence-corrected chi connectivity index (χ2v) is 7.43. The Morgan fingerprint density at radius 2 is 1.93 bits per heavy atom. The molecule has 0 atom stereocenters. The molecule has 1 N–H and O–H groups in total. The van der Waals surface area contributed by atoms with Crippen molar-refractivity contribution in [1.29, 1.82) is 0 Å². The first-order valence-electron chi connectivity index (χ1n) is 8.93. The summed E-state index contributed by atoms with van der Waals surface area (Å²) in [5.41, 5.74) is 1.73. The Balaban J connectivity index is 1.79. The molecular weight excluding hydrogens is 428 g/mol. The van der Waals surface area contributed by atoms with E-state index in [1.54, 1.807) is 49.4 Å². The van der Waals surface area contributed by atoms with Gasteiger partial charge in [-0.3, -0.25) is 4.79 Å². The van der Waals surface area contributed by atoms with E-state index >= 15 is 0 Å². The first kappa shape index (κ1) is 21.7. The Bertz CT molecular complexity index is 1030. The average Bonchev–Trinajstić information content (AvgIpc) is 3.06. The van der Waals surface area contributed by atoms with Gasteiger partial charge >= 0.3 is 5.97 Å². The fourth-order valence-electron chi connectivity index (χ4n) is 2.66. The third-order valence-corrected chi connectivity index (χ3v) is 5.20. The molecular formula is C21H19ClN2O5S. The van der Waals surface area contributed by atoms with Gasteiger partial charge in [0.1, 0.15) is 0 Å². The number of aliphatic imine (C=N–C) groups is 1. The van der Waals surface area contributed by atoms with E-state index in [-0.39, 0.29) is 11.9 Å². The van der Waals surface area contributed by atoms with Crippen molar-refractivity contribution in [2.75, 3.05) is 20.8 Å². The lowest BCUT2D eigenvalue weighted by molar-refractivity contribution is -0.115. The summed E-state index contributed by atoms with van der Waals surface area (Å²) < 4.78 is 15.5. The molecule has 0 bridgehead atoms. The Morgan fingerprint density at radius 1 is 1.20 bits per heavy atom. The maximum absolute atomic E-state index is 12.3. The van der Waals surface area contributed by atoms with Crippen LogP contribution in [0.3, 0.4) is 0 Å². The molecule has 1 fully saturated rings. The van der Waals surface area contributed by atoms with Gasteiger partial charge in [0.05, 0.1) is 42.0 Å². The number of benzene rings is 2. The van der Waals surface area contributed by atoms with E-state index in [1.165, 1.54) is 26.0 Å². The predicted octanol–water partition coefficient (Wildman–Crippen LogP) is 4.43. The van der Waals surface area contributed by atoms with Crippen molar-refractivity contribution >= 4 is 52.2 Å². The number of nitrogens with one attached hydrogen (secondary N) is 1. The molecule has 1 heterocycles. The highest BCUT2D eigenvalue weighted by molar-refractivity contribution is 8.18. The average molecular weight is 447 g/mol. The maximum atomic E-state index is 12.3. The highest BCUT2D eigenvalue weighted by atomic mass is 35.5. The van der Waals surface area contributed by atoms with E-state index in [9.17, 15) is 9.59 Å². The minimum absolute atomic E-state index is 0.271. The second-order valence-electron chi connectivity index (χ2n) is 5.99. The van der Waals surface area contributed by atoms with Crippen LogP contribution in [0.4, 0.5) is 5.69 Å². The van der Waals surface area contributed by atoms with E-state index in [4.69, 9.17) is 25.8 Å². The van der Waals surface area contributed by atoms with Gasteiger partial charge < -0.3 is 19.5 Å². The van der Waals surface area contributed by atoms with Crippen LogP contribution in [0, 0.1) is 0 Å². The molecule has 156 valence electrons. The van der Waals surface area contributed by atoms with Crippen LogP contribution >= 0.6 is 23.4 Å². The van der Waals surface area contributed by atoms with Crippen LogP contribution in [0.15, 0.2) is 46.3 Å². The summed E-state index contributed by atoms with van der Waals surface area (Å²) in [7, 11) is 3.02. The monoisotopic (exact) mass is 446 g/mol. The van der Waals surface area contributed by atoms with Gasteiger partial charge in [-0.25, -0.2) is 9.79 Å². The number of carbonyl (C=O) groups is 2. The number of carbonyl (C=O) groups excluding carboxylic acids is 2. The zero-order chi connectivity index (χ0) is 21.7. The Labute approximate surface area is 183 Å². The molecule has 1 aliphatic heterocycles. The van der Waals surface area contributed by atoms with Crippen molar-refractivity contribution in [3.63, 3.8) is 0 Å². The first-order chi connectivity index (χ1) is 14.4. The zero-order valence-electron chi connectivity index (χ0n) is 16.5. The van der Waals surface area contributed by atoms with Gasteiger partial charge in [0, 0.05) is 0 Å². The van der Waals surface area contributed by atoms with Gasteiger partial charge in [0.25, 0.3) is 5.91 Å². The van der Waals surface area contributed by atoms with Crippen molar-refractivity contribution in [3.8, 4) is 11.5 Å². The van der Waals surface area contributed by atoms with Crippen LogP contribution in [0.1, 0.15) is 22.8 Å². The fourth-order valence-corrected chi connectivity index (χ4v) is 3.79. The molecule has 0 saturated carbocycles. The lowest BCUT2D eigenvalue weighted by Gasteiger charge is -2.10. The number of halogens is 1. The van der Waals surface area contributed by atoms with Gasteiger partial charge in [-0.15, -0.1) is 0 Å². The topological polar surface area (TPSA) is 86.2 Å². The van der Waals surface area contributed by atoms with Gasteiger partial charge in [-0.05, 0) is 66.7 Å². The number of hydrogen-bond donors (Lipinski definition) is 1. The maximum Gasteiger partial charge on any atom is 0.338 e. The molecule has 1 amide bonds. The lowest BCUT2D eigenvalue weighted by atomic mass is 10.2. The van der Waals surface area contributed by atoms with Crippen LogP contribution in [-0.2, 0) is 9.53 Å². The van der Waals surface area contributed by atoms with Crippen LogP contribution in [0.25, 0.3) is 6.08 Å². The van der Waals surface area contributed by atoms with E-state index in [1.807, 2.05) is 0 Å². The molecule has 3 rings (SSSR count). The Morgan fingerprint density at radius 3 is 2.57 bits per heavy atom. The third-order valence-electron chi connectivity index (χ3n) is 4.01. The molecule has 30 heavy (non-hydrogen) atoms. The normalized spacial score (nSPS) is 15.9. The standard InChI is InChI=1S/C21H19ClN2O5S/c1-4-29-20(26)13-5-7-14(8-6-13)23-21-24-19(25)17(30-21)11-12-9-15(22)18(28-3)16(10-12)27-2/h5-11H,4H2,1-3H3,(H,23,24,25)/b17-11-. The smallest absolute Gasteiger partial charge is 0.338 e. The molecule has 0 aliphatic carbocycles. The van der Waals surface area contributed by atoms with Crippen molar-refractivity contribution in [2.45, 2.75) is 6.92 Å². The van der Waals surface area contributed by atoms with Crippen molar-refractivity contribution < 1.29 is 23.8 Å². The minimum Gasteiger partial charge on any atom is -0.493 e. The largest absolute Gasteiger partial charge is 0.493 e. The molecule has 2 aromatic carbocycles. The fraction of sp³-hybridized carbons (Fsp3) is 0.190. The summed E-state index contributed by atoms with van der Waals surface area (Å²) in [5, 5.41) is 3.53. The van der Waals surface area contributed by atoms with Gasteiger partial charge in [0.2, 0.25) is 0 Å². The summed E-state index contributed by atoms with van der Waals surface area (Å²) in [6, 6.07) is 10.0. The highest BCUT2D eigenvalue weighted by Crippen LogP contribution is 2.37. The predicted molar refractivity (Wildman–Crippen MR) is 118 cm³/mol. The van der Waals surface area contributed by atoms with Crippen molar-refractivity contribution in [1.82, 2.24) is 5.32 Å². The van der Waals surface area contributed by atoms with E-state index in [2.05, 4.69) is 10.3 Å². The summed E-state index contributed by atoms with van der Waals surface area (Å²) in [6.07, 6.45) is 1.69. The third kappa shape index (κ3) is 4.95. The molecule has 0 unspecified atom stereocenters. The molecule has 1 aliphatic rings. The van der Waals surface area contributed by atoms with Crippen LogP contribution in [0.5, 0.6) is 11.5 Å². The number of esters is 1. The SMILES string of the molecule is CCOC(=O)c1ccc(N=C2NC(=O)/C(=C/c3cc(Cl)c(OC)c(OC)c3)S2)cc1. The summed E-state index contributed by atoms with van der Waals surface area (Å²) in [4.78, 5) is 28.9. The highest BCUT2D eigenvalue weighted by Gasteiger charge is 2.24. The molecule has 0 spiro atoms. The molecule has 0 aromatic heterocycles. The number of methoxy groups -OCH3 is 2. The minimum atomic E-state index is -0.390. The number of rotatable bonds is 6. The summed E-state index contributed by atoms with van der Waals surface area (Å²) in [6.45, 7) is 2.06. The molecule has 2 aromatic rings. The lowest BCUT2D eigenvalue weighted by Crippen LogP contribution is -2.19. The van der Waals surface area contributed by atoms with Gasteiger partial charge in [0.15, 0.2) is 16.7 Å². The van der Waals surface area contributed by atoms with Crippen LogP contribution < -0.4 is 14.8 Å². The Hall–Kier alpha value is -2.97. The molecule has 7 nitrogen and oxygen atoms in total. The van der Waals surface area contributed by atoms with E-state index in [0.29, 0.717) is 50.0 Å². The molecule has 1 saturated heterocycles. The van der Waals surface area contributed by atoms with Crippen molar-refractivity contribution in [2.24, 2.45) is 4.99 Å². The second kappa shape index (κ2) is 9.69. The number of amides is 1. The van der Waals surface area contributed by atoms with Crippen LogP contribution in [0.2, 0.25) is 5.02 Å². The summed E-state index contributed by atoms with van der Waals surface area (Å²) >= 11 is 7.43. The first-order valence-corrected chi connectivity index (χ1v) is 10.1. The number of amidine groups is 1. The number of thioether (sulfide) groups is 1. The number of nitrogens with zero attached hydrogens (tertiary/aromatic N) is 1. The van der Waals surface area contributed by atoms with E-state index in [0.717, 1.165) is 0 Å². The van der Waals surface area contributed by atoms with E-state index < -0.39 is 0 Å². The quantitative estimate of drug-likeness (QED) is 0.522. The number of ether oxygens (including phenoxy) is 3. The zero-order valence-corrected chi connectivity index (χ0v) is 18.1. The molecule has 9 heteroatoms. The van der Waals surface area contributed by atoms with Crippen LogP contribution in [-0.4, -0.2) is 37.9 Å². The molecule has 0 radical (unpaired) electrons. The summed E-state index contributed by atoms with van der Waals surface area (Å²) in [5.74, 6) is 0.237. The van der Waals surface area contributed by atoms with Crippen molar-refractivity contribution in [3.05, 3.63) is 57.5 Å². The van der Waals surface area contributed by atoms with Gasteiger partial charge in [-0.1, -0.05) is 11.6 Å².